The minimum atomic E-state index is -3.80. The van der Waals surface area contributed by atoms with Crippen LogP contribution in [0, 0.1) is 0 Å². The summed E-state index contributed by atoms with van der Waals surface area (Å²) in [5.41, 5.74) is -0.0662. The van der Waals surface area contributed by atoms with Crippen LogP contribution in [0.4, 0.5) is 0 Å². The summed E-state index contributed by atoms with van der Waals surface area (Å²) in [4.78, 5) is 28.9. The lowest BCUT2D eigenvalue weighted by Gasteiger charge is -2.32. The molecule has 3 heterocycles. The highest BCUT2D eigenvalue weighted by Gasteiger charge is 2.34. The van der Waals surface area contributed by atoms with E-state index < -0.39 is 16.0 Å². The Morgan fingerprint density at radius 3 is 2.61 bits per heavy atom. The molecule has 1 aliphatic heterocycles. The summed E-state index contributed by atoms with van der Waals surface area (Å²) in [6.45, 7) is 0.248. The van der Waals surface area contributed by atoms with Gasteiger partial charge in [-0.1, -0.05) is 17.7 Å². The molecule has 3 N–H and O–H groups in total. The summed E-state index contributed by atoms with van der Waals surface area (Å²) in [6, 6.07) is 6.76. The predicted octanol–water partition coefficient (Wildman–Crippen LogP) is 2.16. The quantitative estimate of drug-likeness (QED) is 0.377. The van der Waals surface area contributed by atoms with Gasteiger partial charge in [-0.2, -0.15) is 4.31 Å². The molecule has 1 saturated heterocycles. The smallest absolute Gasteiger partial charge is 0.355 e. The first-order valence-electron chi connectivity index (χ1n) is 9.54. The summed E-state index contributed by atoms with van der Waals surface area (Å²) < 4.78 is 28.1. The van der Waals surface area contributed by atoms with Crippen LogP contribution in [0.1, 0.15) is 15.5 Å². The van der Waals surface area contributed by atoms with Crippen LogP contribution in [-0.4, -0.2) is 78.3 Å². The normalized spacial score (nSPS) is 15.1. The first-order valence-corrected chi connectivity index (χ1v) is 13.1. The number of carboxylic acid groups (broad SMARTS) is 1. The number of carboxylic acids is 1. The van der Waals surface area contributed by atoms with Crippen LogP contribution in [0.3, 0.4) is 0 Å². The molecule has 0 radical (unpaired) electrons. The van der Waals surface area contributed by atoms with Gasteiger partial charge in [0.05, 0.1) is 13.1 Å². The van der Waals surface area contributed by atoms with E-state index in [9.17, 15) is 18.0 Å². The fraction of sp³-hybridized carbons (Fsp3) is 0.316. The molecule has 4 rings (SSSR count). The third-order valence-corrected chi connectivity index (χ3v) is 8.90. The second-order valence-corrected chi connectivity index (χ2v) is 11.9. The standard InChI is InChI=1S/C17H14ClN3O5S3.C2H8N2/c18-11-2-1-10-5-16(28-13(10)6-11)29(25,26)21-4-3-20(15(22)8-21)7-14-19-12(9-27-14)17(23)24;1-4(2)3/h1-2,5-6,9H,3-4,7-8H2,(H,23,24);3H2,1-2H3. The first-order chi connectivity index (χ1) is 15.5. The number of thiophene rings is 1. The van der Waals surface area contributed by atoms with Gasteiger partial charge in [-0.25, -0.2) is 18.2 Å². The minimum Gasteiger partial charge on any atom is -0.476 e. The van der Waals surface area contributed by atoms with Crippen LogP contribution in [-0.2, 0) is 21.4 Å². The van der Waals surface area contributed by atoms with Crippen LogP contribution in [0.5, 0.6) is 0 Å². The Balaban J connectivity index is 0.000000709. The Hall–Kier alpha value is -2.13. The summed E-state index contributed by atoms with van der Waals surface area (Å²) in [6.07, 6.45) is 0. The second-order valence-electron chi connectivity index (χ2n) is 7.30. The number of hydrogen-bond donors (Lipinski definition) is 2. The molecule has 0 saturated carbocycles. The van der Waals surface area contributed by atoms with Gasteiger partial charge in [0.15, 0.2) is 5.69 Å². The Morgan fingerprint density at radius 1 is 1.30 bits per heavy atom. The van der Waals surface area contributed by atoms with E-state index in [2.05, 4.69) is 4.98 Å². The van der Waals surface area contributed by atoms with Crippen LogP contribution in [0.2, 0.25) is 5.02 Å². The molecule has 3 aromatic rings. The van der Waals surface area contributed by atoms with E-state index >= 15 is 0 Å². The second kappa shape index (κ2) is 10.4. The molecule has 14 heteroatoms. The average Bonchev–Trinajstić information content (AvgIpc) is 3.36. The van der Waals surface area contributed by atoms with Gasteiger partial charge in [0.2, 0.25) is 5.91 Å². The van der Waals surface area contributed by atoms with Crippen LogP contribution >= 0.6 is 34.3 Å². The number of carbonyl (C=O) groups excluding carboxylic acids is 1. The number of hydrazine groups is 1. The number of rotatable bonds is 5. The van der Waals surface area contributed by atoms with Crippen molar-refractivity contribution in [3.8, 4) is 0 Å². The van der Waals surface area contributed by atoms with Crippen molar-refractivity contribution in [2.24, 2.45) is 5.84 Å². The number of benzene rings is 1. The van der Waals surface area contributed by atoms with Gasteiger partial charge in [-0.05, 0) is 23.6 Å². The highest BCUT2D eigenvalue weighted by atomic mass is 35.5. The maximum Gasteiger partial charge on any atom is 0.355 e. The number of fused-ring (bicyclic) bond motifs is 1. The van der Waals surface area contributed by atoms with Crippen LogP contribution in [0.15, 0.2) is 33.9 Å². The Morgan fingerprint density at radius 2 is 2.00 bits per heavy atom. The minimum absolute atomic E-state index is 0.0662. The van der Waals surface area contributed by atoms with Gasteiger partial charge < -0.3 is 10.0 Å². The number of hydrogen-bond acceptors (Lipinski definition) is 9. The number of piperazine rings is 1. The molecular formula is C19H22ClN5O5S3. The van der Waals surface area contributed by atoms with Crippen molar-refractivity contribution in [2.45, 2.75) is 10.8 Å². The van der Waals surface area contributed by atoms with Gasteiger partial charge in [0, 0.05) is 42.3 Å². The van der Waals surface area contributed by atoms with Gasteiger partial charge >= 0.3 is 5.97 Å². The van der Waals surface area contributed by atoms with Crippen molar-refractivity contribution in [1.29, 1.82) is 0 Å². The van der Waals surface area contributed by atoms with Crippen molar-refractivity contribution in [3.63, 3.8) is 0 Å². The third-order valence-electron chi connectivity index (χ3n) is 4.43. The van der Waals surface area contributed by atoms with Crippen molar-refractivity contribution in [2.75, 3.05) is 33.7 Å². The van der Waals surface area contributed by atoms with Gasteiger partial charge in [0.1, 0.15) is 9.22 Å². The van der Waals surface area contributed by atoms with E-state index in [1.807, 2.05) is 0 Å². The van der Waals surface area contributed by atoms with Crippen LogP contribution in [0.25, 0.3) is 10.1 Å². The molecule has 0 bridgehead atoms. The molecule has 0 spiro atoms. The fourth-order valence-electron chi connectivity index (χ4n) is 2.94. The summed E-state index contributed by atoms with van der Waals surface area (Å²) in [5, 5.41) is 13.7. The molecular weight excluding hydrogens is 510 g/mol. The Kier molecular flexibility index (Phi) is 8.05. The fourth-order valence-corrected chi connectivity index (χ4v) is 6.93. The molecule has 0 aliphatic carbocycles. The zero-order chi connectivity index (χ0) is 24.3. The third kappa shape index (κ3) is 6.26. The molecule has 2 aromatic heterocycles. The number of thiazole rings is 1. The van der Waals surface area contributed by atoms with E-state index in [-0.39, 0.29) is 42.0 Å². The van der Waals surface area contributed by atoms with Crippen molar-refractivity contribution in [1.82, 2.24) is 19.2 Å². The topological polar surface area (TPSA) is 137 Å². The SMILES string of the molecule is CN(C)N.O=C(O)c1csc(CN2CCN(S(=O)(=O)c3cc4ccc(Cl)cc4s3)CC2=O)n1. The maximum absolute atomic E-state index is 13.0. The van der Waals surface area contributed by atoms with Gasteiger partial charge in [0.25, 0.3) is 10.0 Å². The lowest BCUT2D eigenvalue weighted by atomic mass is 10.3. The summed E-state index contributed by atoms with van der Waals surface area (Å²) >= 11 is 8.24. The average molecular weight is 532 g/mol. The molecule has 0 unspecified atom stereocenters. The van der Waals surface area contributed by atoms with E-state index in [0.29, 0.717) is 10.0 Å². The molecule has 10 nitrogen and oxygen atoms in total. The molecule has 178 valence electrons. The van der Waals surface area contributed by atoms with Gasteiger partial charge in [-0.3, -0.25) is 15.6 Å². The lowest BCUT2D eigenvalue weighted by molar-refractivity contribution is -0.134. The molecule has 1 aromatic carbocycles. The highest BCUT2D eigenvalue weighted by Crippen LogP contribution is 2.33. The zero-order valence-corrected chi connectivity index (χ0v) is 21.0. The molecule has 0 atom stereocenters. The van der Waals surface area contributed by atoms with E-state index in [0.717, 1.165) is 32.8 Å². The number of amides is 1. The predicted molar refractivity (Wildman–Crippen MR) is 128 cm³/mol. The van der Waals surface area contributed by atoms with E-state index in [1.54, 1.807) is 38.4 Å². The molecule has 1 fully saturated rings. The molecule has 1 aliphatic rings. The Labute approximate surface area is 203 Å². The number of carbonyl (C=O) groups is 2. The number of aromatic carboxylic acids is 1. The maximum atomic E-state index is 13.0. The molecule has 33 heavy (non-hydrogen) atoms. The van der Waals surface area contributed by atoms with Crippen LogP contribution < -0.4 is 5.84 Å². The number of nitrogens with two attached hydrogens (primary N) is 1. The highest BCUT2D eigenvalue weighted by molar-refractivity contribution is 7.91. The zero-order valence-electron chi connectivity index (χ0n) is 17.8. The van der Waals surface area contributed by atoms with Crippen molar-refractivity contribution in [3.05, 3.63) is 45.4 Å². The number of halogens is 1. The largest absolute Gasteiger partial charge is 0.476 e. The lowest BCUT2D eigenvalue weighted by Crippen LogP contribution is -2.51. The monoisotopic (exact) mass is 531 g/mol. The number of nitrogens with zero attached hydrogens (tertiary/aromatic N) is 4. The van der Waals surface area contributed by atoms with E-state index in [4.69, 9.17) is 22.6 Å². The summed E-state index contributed by atoms with van der Waals surface area (Å²) in [7, 11) is -0.247. The van der Waals surface area contributed by atoms with Crippen molar-refractivity contribution < 1.29 is 23.1 Å². The summed E-state index contributed by atoms with van der Waals surface area (Å²) in [5.74, 6) is 3.47. The Bertz CT molecular complexity index is 1270. The number of sulfonamides is 1. The first kappa shape index (κ1) is 25.5. The number of aromatic nitrogens is 1. The van der Waals surface area contributed by atoms with E-state index in [1.165, 1.54) is 19.6 Å². The van der Waals surface area contributed by atoms with Gasteiger partial charge in [-0.15, -0.1) is 22.7 Å². The molecule has 1 amide bonds. The van der Waals surface area contributed by atoms with Crippen molar-refractivity contribution >= 4 is 66.3 Å².